The van der Waals surface area contributed by atoms with Gasteiger partial charge in [-0.3, -0.25) is 9.69 Å². The van der Waals surface area contributed by atoms with Gasteiger partial charge in [-0.1, -0.05) is 24.3 Å². The number of rotatable bonds is 7. The highest BCUT2D eigenvalue weighted by Gasteiger charge is 2.17. The third-order valence-electron chi connectivity index (χ3n) is 3.83. The Bertz CT molecular complexity index is 649. The molecule has 1 N–H and O–H groups in total. The monoisotopic (exact) mass is 315 g/mol. The molecule has 2 aromatic rings. The number of carbonyl (C=O) groups excluding carboxylic acids is 1. The van der Waals surface area contributed by atoms with Crippen molar-refractivity contribution in [2.75, 3.05) is 6.54 Å². The third kappa shape index (κ3) is 4.66. The Morgan fingerprint density at radius 3 is 2.70 bits per heavy atom. The fourth-order valence-corrected chi connectivity index (χ4v) is 2.34. The second kappa shape index (κ2) is 7.92. The number of nitrogens with one attached hydrogen (secondary N) is 1. The minimum absolute atomic E-state index is 0.197. The van der Waals surface area contributed by atoms with Gasteiger partial charge in [0.15, 0.2) is 5.69 Å². The normalized spacial score (nSPS) is 11.2. The van der Waals surface area contributed by atoms with E-state index in [1.807, 2.05) is 13.0 Å². The topological polar surface area (TPSA) is 58.4 Å². The maximum absolute atomic E-state index is 11.8. The molecule has 0 unspecified atom stereocenters. The van der Waals surface area contributed by atoms with Crippen LogP contribution in [0.1, 0.15) is 48.3 Å². The standard InChI is InChI=1S/C18H25N3O2/c1-5-19-18(22)16-12-23-17(20-16)11-21(13(2)3)10-15-9-7-6-8-14(15)4/h6-9,12-13H,5,10-11H2,1-4H3,(H,19,22). The van der Waals surface area contributed by atoms with Crippen molar-refractivity contribution in [1.82, 2.24) is 15.2 Å². The lowest BCUT2D eigenvalue weighted by atomic mass is 10.1. The molecule has 124 valence electrons. The highest BCUT2D eigenvalue weighted by Crippen LogP contribution is 2.16. The number of hydrogen-bond donors (Lipinski definition) is 1. The Kier molecular flexibility index (Phi) is 5.93. The first-order valence-electron chi connectivity index (χ1n) is 8.02. The van der Waals surface area contributed by atoms with E-state index in [-0.39, 0.29) is 5.91 Å². The summed E-state index contributed by atoms with van der Waals surface area (Å²) in [5.41, 5.74) is 2.90. The van der Waals surface area contributed by atoms with E-state index in [1.165, 1.54) is 17.4 Å². The number of nitrogens with zero attached hydrogens (tertiary/aromatic N) is 2. The fourth-order valence-electron chi connectivity index (χ4n) is 2.34. The number of benzene rings is 1. The first kappa shape index (κ1) is 17.2. The maximum Gasteiger partial charge on any atom is 0.273 e. The van der Waals surface area contributed by atoms with Crippen LogP contribution < -0.4 is 5.32 Å². The largest absolute Gasteiger partial charge is 0.447 e. The lowest BCUT2D eigenvalue weighted by Crippen LogP contribution is -2.30. The molecule has 0 atom stereocenters. The molecule has 0 radical (unpaired) electrons. The van der Waals surface area contributed by atoms with Gasteiger partial charge < -0.3 is 9.73 Å². The Balaban J connectivity index is 2.08. The third-order valence-corrected chi connectivity index (χ3v) is 3.83. The summed E-state index contributed by atoms with van der Waals surface area (Å²) < 4.78 is 5.47. The summed E-state index contributed by atoms with van der Waals surface area (Å²) in [5, 5.41) is 2.72. The second-order valence-corrected chi connectivity index (χ2v) is 5.91. The van der Waals surface area contributed by atoms with E-state index in [9.17, 15) is 4.79 Å². The van der Waals surface area contributed by atoms with Gasteiger partial charge in [-0.05, 0) is 38.8 Å². The van der Waals surface area contributed by atoms with Crippen molar-refractivity contribution in [2.45, 2.75) is 46.8 Å². The molecule has 0 aliphatic rings. The predicted octanol–water partition coefficient (Wildman–Crippen LogP) is 3.14. The summed E-state index contributed by atoms with van der Waals surface area (Å²) in [6.07, 6.45) is 1.42. The summed E-state index contributed by atoms with van der Waals surface area (Å²) in [6.45, 7) is 10.3. The van der Waals surface area contributed by atoms with Gasteiger partial charge in [0.1, 0.15) is 6.26 Å². The molecule has 23 heavy (non-hydrogen) atoms. The van der Waals surface area contributed by atoms with E-state index < -0.39 is 0 Å². The van der Waals surface area contributed by atoms with E-state index in [2.05, 4.69) is 54.2 Å². The molecule has 0 aliphatic heterocycles. The molecule has 1 heterocycles. The molecular weight excluding hydrogens is 290 g/mol. The van der Waals surface area contributed by atoms with Gasteiger partial charge in [0, 0.05) is 19.1 Å². The fraction of sp³-hybridized carbons (Fsp3) is 0.444. The second-order valence-electron chi connectivity index (χ2n) is 5.91. The molecule has 5 heteroatoms. The first-order valence-corrected chi connectivity index (χ1v) is 8.02. The predicted molar refractivity (Wildman–Crippen MR) is 90.1 cm³/mol. The van der Waals surface area contributed by atoms with Crippen molar-refractivity contribution in [1.29, 1.82) is 0 Å². The molecule has 0 aliphatic carbocycles. The zero-order valence-corrected chi connectivity index (χ0v) is 14.3. The van der Waals surface area contributed by atoms with Crippen LogP contribution in [-0.2, 0) is 13.1 Å². The molecule has 0 spiro atoms. The summed E-state index contributed by atoms with van der Waals surface area (Å²) >= 11 is 0. The average molecular weight is 315 g/mol. The van der Waals surface area contributed by atoms with Crippen LogP contribution in [0.2, 0.25) is 0 Å². The van der Waals surface area contributed by atoms with Gasteiger partial charge in [0.25, 0.3) is 5.91 Å². The summed E-state index contributed by atoms with van der Waals surface area (Å²) in [6, 6.07) is 8.70. The Hall–Kier alpha value is -2.14. The molecule has 0 fully saturated rings. The summed E-state index contributed by atoms with van der Waals surface area (Å²) in [5.74, 6) is 0.367. The Morgan fingerprint density at radius 2 is 2.04 bits per heavy atom. The van der Waals surface area contributed by atoms with Crippen molar-refractivity contribution in [2.24, 2.45) is 0 Å². The van der Waals surface area contributed by atoms with Crippen molar-refractivity contribution >= 4 is 5.91 Å². The zero-order chi connectivity index (χ0) is 16.8. The smallest absolute Gasteiger partial charge is 0.273 e. The van der Waals surface area contributed by atoms with E-state index >= 15 is 0 Å². The van der Waals surface area contributed by atoms with Gasteiger partial charge in [-0.25, -0.2) is 4.98 Å². The van der Waals surface area contributed by atoms with Gasteiger partial charge in [-0.15, -0.1) is 0 Å². The van der Waals surface area contributed by atoms with Crippen molar-refractivity contribution < 1.29 is 9.21 Å². The molecule has 1 aromatic heterocycles. The van der Waals surface area contributed by atoms with E-state index in [1.54, 1.807) is 0 Å². The van der Waals surface area contributed by atoms with E-state index in [0.717, 1.165) is 6.54 Å². The van der Waals surface area contributed by atoms with Gasteiger partial charge >= 0.3 is 0 Å². The van der Waals surface area contributed by atoms with Crippen LogP contribution in [0.5, 0.6) is 0 Å². The van der Waals surface area contributed by atoms with Crippen molar-refractivity contribution in [3.8, 4) is 0 Å². The quantitative estimate of drug-likeness (QED) is 0.853. The highest BCUT2D eigenvalue weighted by molar-refractivity contribution is 5.91. The van der Waals surface area contributed by atoms with Crippen LogP contribution in [0, 0.1) is 6.92 Å². The zero-order valence-electron chi connectivity index (χ0n) is 14.3. The van der Waals surface area contributed by atoms with Gasteiger partial charge in [0.05, 0.1) is 6.54 Å². The number of oxazole rings is 1. The first-order chi connectivity index (χ1) is 11.0. The number of amides is 1. The molecule has 1 amide bonds. The highest BCUT2D eigenvalue weighted by atomic mass is 16.3. The van der Waals surface area contributed by atoms with Crippen molar-refractivity contribution in [3.05, 3.63) is 53.2 Å². The molecule has 0 bridgehead atoms. The van der Waals surface area contributed by atoms with Crippen LogP contribution in [0.4, 0.5) is 0 Å². The lowest BCUT2D eigenvalue weighted by Gasteiger charge is -2.25. The number of hydrogen-bond acceptors (Lipinski definition) is 4. The molecule has 2 rings (SSSR count). The van der Waals surface area contributed by atoms with E-state index in [0.29, 0.717) is 30.7 Å². The minimum atomic E-state index is -0.197. The molecule has 0 saturated heterocycles. The van der Waals surface area contributed by atoms with Crippen LogP contribution in [0.3, 0.4) is 0 Å². The minimum Gasteiger partial charge on any atom is -0.447 e. The SMILES string of the molecule is CCNC(=O)c1coc(CN(Cc2ccccc2C)C(C)C)n1. The molecule has 1 aromatic carbocycles. The number of aryl methyl sites for hydroxylation is 1. The van der Waals surface area contributed by atoms with Gasteiger partial charge in [-0.2, -0.15) is 0 Å². The molecular formula is C18H25N3O2. The Morgan fingerprint density at radius 1 is 1.30 bits per heavy atom. The maximum atomic E-state index is 11.8. The van der Waals surface area contributed by atoms with Crippen molar-refractivity contribution in [3.63, 3.8) is 0 Å². The van der Waals surface area contributed by atoms with Gasteiger partial charge in [0.2, 0.25) is 5.89 Å². The van der Waals surface area contributed by atoms with Crippen LogP contribution in [0.25, 0.3) is 0 Å². The van der Waals surface area contributed by atoms with Crippen LogP contribution in [-0.4, -0.2) is 28.4 Å². The van der Waals surface area contributed by atoms with Crippen LogP contribution in [0.15, 0.2) is 34.9 Å². The summed E-state index contributed by atoms with van der Waals surface area (Å²) in [4.78, 5) is 18.3. The summed E-state index contributed by atoms with van der Waals surface area (Å²) in [7, 11) is 0. The number of carbonyl (C=O) groups is 1. The average Bonchev–Trinajstić information content (AvgIpc) is 2.97. The molecule has 0 saturated carbocycles. The van der Waals surface area contributed by atoms with E-state index in [4.69, 9.17) is 4.42 Å². The molecule has 5 nitrogen and oxygen atoms in total. The Labute approximate surface area is 137 Å². The lowest BCUT2D eigenvalue weighted by molar-refractivity contribution is 0.0950. The number of aromatic nitrogens is 1. The van der Waals surface area contributed by atoms with Crippen LogP contribution >= 0.6 is 0 Å².